The molecule has 0 aromatic heterocycles. The van der Waals surface area contributed by atoms with Gasteiger partial charge < -0.3 is 16.4 Å². The summed E-state index contributed by atoms with van der Waals surface area (Å²) >= 11 is 0. The summed E-state index contributed by atoms with van der Waals surface area (Å²) in [5.41, 5.74) is 8.72. The SMILES string of the molecule is NCc1ccccc1.O=C(NCc1ccccc1)NCc1ccccc1. The van der Waals surface area contributed by atoms with Gasteiger partial charge in [-0.25, -0.2) is 4.79 Å². The summed E-state index contributed by atoms with van der Waals surface area (Å²) in [4.78, 5) is 11.6. The molecule has 0 atom stereocenters. The van der Waals surface area contributed by atoms with Crippen LogP contribution in [0, 0.1) is 0 Å². The second-order valence-corrected chi connectivity index (χ2v) is 5.70. The molecule has 0 heterocycles. The summed E-state index contributed by atoms with van der Waals surface area (Å²) in [6, 6.07) is 29.5. The number of hydrogen-bond donors (Lipinski definition) is 3. The Labute approximate surface area is 155 Å². The van der Waals surface area contributed by atoms with Gasteiger partial charge in [-0.3, -0.25) is 0 Å². The van der Waals surface area contributed by atoms with E-state index in [1.807, 2.05) is 91.0 Å². The molecule has 0 aliphatic carbocycles. The minimum Gasteiger partial charge on any atom is -0.334 e. The Kier molecular flexibility index (Phi) is 8.46. The van der Waals surface area contributed by atoms with Crippen molar-refractivity contribution in [2.24, 2.45) is 5.73 Å². The molecular formula is C22H25N3O. The molecule has 134 valence electrons. The molecule has 4 N–H and O–H groups in total. The monoisotopic (exact) mass is 347 g/mol. The van der Waals surface area contributed by atoms with Crippen molar-refractivity contribution in [2.75, 3.05) is 0 Å². The fourth-order valence-electron chi connectivity index (χ4n) is 2.23. The molecule has 0 aliphatic rings. The van der Waals surface area contributed by atoms with Crippen LogP contribution in [0.3, 0.4) is 0 Å². The van der Waals surface area contributed by atoms with Gasteiger partial charge in [-0.15, -0.1) is 0 Å². The van der Waals surface area contributed by atoms with E-state index in [1.165, 1.54) is 5.56 Å². The van der Waals surface area contributed by atoms with E-state index in [9.17, 15) is 4.79 Å². The van der Waals surface area contributed by atoms with E-state index in [1.54, 1.807) is 0 Å². The lowest BCUT2D eigenvalue weighted by molar-refractivity contribution is 0.240. The molecule has 4 heteroatoms. The van der Waals surface area contributed by atoms with Crippen molar-refractivity contribution < 1.29 is 4.79 Å². The second kappa shape index (κ2) is 11.4. The molecule has 0 radical (unpaired) electrons. The molecule has 2 amide bonds. The third kappa shape index (κ3) is 7.64. The highest BCUT2D eigenvalue weighted by Crippen LogP contribution is 1.98. The van der Waals surface area contributed by atoms with Gasteiger partial charge in [0.1, 0.15) is 0 Å². The largest absolute Gasteiger partial charge is 0.334 e. The lowest BCUT2D eigenvalue weighted by Gasteiger charge is -2.07. The van der Waals surface area contributed by atoms with Crippen LogP contribution in [0.15, 0.2) is 91.0 Å². The van der Waals surface area contributed by atoms with Gasteiger partial charge in [-0.2, -0.15) is 0 Å². The average Bonchev–Trinajstić information content (AvgIpc) is 2.73. The maximum atomic E-state index is 11.6. The van der Waals surface area contributed by atoms with Crippen LogP contribution in [0.2, 0.25) is 0 Å². The van der Waals surface area contributed by atoms with Crippen LogP contribution in [0.4, 0.5) is 4.79 Å². The van der Waals surface area contributed by atoms with Gasteiger partial charge in [0.25, 0.3) is 0 Å². The van der Waals surface area contributed by atoms with Crippen molar-refractivity contribution >= 4 is 6.03 Å². The predicted octanol–water partition coefficient (Wildman–Crippen LogP) is 3.83. The Morgan fingerprint density at radius 1 is 0.615 bits per heavy atom. The fourth-order valence-corrected chi connectivity index (χ4v) is 2.23. The van der Waals surface area contributed by atoms with E-state index < -0.39 is 0 Å². The van der Waals surface area contributed by atoms with Crippen LogP contribution in [-0.4, -0.2) is 6.03 Å². The van der Waals surface area contributed by atoms with Gasteiger partial charge in [0.15, 0.2) is 0 Å². The number of carbonyl (C=O) groups is 1. The highest BCUT2D eigenvalue weighted by Gasteiger charge is 1.99. The highest BCUT2D eigenvalue weighted by molar-refractivity contribution is 5.73. The van der Waals surface area contributed by atoms with Crippen LogP contribution in [-0.2, 0) is 19.6 Å². The first-order valence-electron chi connectivity index (χ1n) is 8.61. The normalized spacial score (nSPS) is 9.58. The lowest BCUT2D eigenvalue weighted by Crippen LogP contribution is -2.34. The topological polar surface area (TPSA) is 67.2 Å². The Bertz CT molecular complexity index is 701. The first kappa shape index (κ1) is 19.2. The zero-order valence-corrected chi connectivity index (χ0v) is 14.8. The van der Waals surface area contributed by atoms with Crippen molar-refractivity contribution in [1.82, 2.24) is 10.6 Å². The van der Waals surface area contributed by atoms with Crippen LogP contribution in [0.25, 0.3) is 0 Å². The van der Waals surface area contributed by atoms with Crippen molar-refractivity contribution in [3.63, 3.8) is 0 Å². The second-order valence-electron chi connectivity index (χ2n) is 5.70. The zero-order chi connectivity index (χ0) is 18.5. The molecule has 3 aromatic rings. The summed E-state index contributed by atoms with van der Waals surface area (Å²) < 4.78 is 0. The van der Waals surface area contributed by atoms with E-state index >= 15 is 0 Å². The third-order valence-corrected chi connectivity index (χ3v) is 3.67. The van der Waals surface area contributed by atoms with Crippen molar-refractivity contribution in [3.8, 4) is 0 Å². The van der Waals surface area contributed by atoms with Crippen molar-refractivity contribution in [1.29, 1.82) is 0 Å². The Balaban J connectivity index is 0.000000254. The van der Waals surface area contributed by atoms with E-state index in [-0.39, 0.29) is 6.03 Å². The molecule has 26 heavy (non-hydrogen) atoms. The molecule has 4 nitrogen and oxygen atoms in total. The van der Waals surface area contributed by atoms with Crippen molar-refractivity contribution in [3.05, 3.63) is 108 Å². The first-order chi connectivity index (χ1) is 12.8. The molecule has 0 spiro atoms. The number of benzene rings is 3. The van der Waals surface area contributed by atoms with Gasteiger partial charge >= 0.3 is 6.03 Å². The predicted molar refractivity (Wildman–Crippen MR) is 106 cm³/mol. The van der Waals surface area contributed by atoms with Crippen LogP contribution in [0.5, 0.6) is 0 Å². The standard InChI is InChI=1S/C15H16N2O.C7H9N/c18-15(16-11-13-7-3-1-4-8-13)17-12-14-9-5-2-6-10-14;8-6-7-4-2-1-3-5-7/h1-10H,11-12H2,(H2,16,17,18);1-5H,6,8H2. The zero-order valence-electron chi connectivity index (χ0n) is 14.8. The highest BCUT2D eigenvalue weighted by atomic mass is 16.2. The molecule has 0 aliphatic heterocycles. The minimum atomic E-state index is -0.150. The molecule has 0 fully saturated rings. The number of nitrogens with one attached hydrogen (secondary N) is 2. The van der Waals surface area contributed by atoms with E-state index in [2.05, 4.69) is 10.6 Å². The summed E-state index contributed by atoms with van der Waals surface area (Å²) in [6.45, 7) is 1.73. The lowest BCUT2D eigenvalue weighted by atomic mass is 10.2. The molecule has 0 saturated carbocycles. The summed E-state index contributed by atoms with van der Waals surface area (Å²) in [5.74, 6) is 0. The van der Waals surface area contributed by atoms with Crippen molar-refractivity contribution in [2.45, 2.75) is 19.6 Å². The van der Waals surface area contributed by atoms with E-state index in [0.717, 1.165) is 11.1 Å². The molecule has 0 bridgehead atoms. The number of rotatable bonds is 5. The summed E-state index contributed by atoms with van der Waals surface area (Å²) in [5, 5.41) is 5.64. The maximum Gasteiger partial charge on any atom is 0.315 e. The molecule has 3 aromatic carbocycles. The average molecular weight is 347 g/mol. The number of amides is 2. The van der Waals surface area contributed by atoms with Crippen LogP contribution < -0.4 is 16.4 Å². The summed E-state index contributed by atoms with van der Waals surface area (Å²) in [7, 11) is 0. The minimum absolute atomic E-state index is 0.150. The van der Waals surface area contributed by atoms with Gasteiger partial charge in [0.2, 0.25) is 0 Å². The quantitative estimate of drug-likeness (QED) is 0.656. The number of carbonyl (C=O) groups excluding carboxylic acids is 1. The third-order valence-electron chi connectivity index (χ3n) is 3.67. The molecular weight excluding hydrogens is 322 g/mol. The smallest absolute Gasteiger partial charge is 0.315 e. The van der Waals surface area contributed by atoms with Gasteiger partial charge in [0, 0.05) is 19.6 Å². The number of hydrogen-bond acceptors (Lipinski definition) is 2. The molecule has 3 rings (SSSR count). The summed E-state index contributed by atoms with van der Waals surface area (Å²) in [6.07, 6.45) is 0. The van der Waals surface area contributed by atoms with E-state index in [0.29, 0.717) is 19.6 Å². The Morgan fingerprint density at radius 2 is 0.962 bits per heavy atom. The maximum absolute atomic E-state index is 11.6. The van der Waals surface area contributed by atoms with Gasteiger partial charge in [-0.1, -0.05) is 91.0 Å². The molecule has 0 unspecified atom stereocenters. The molecule has 0 saturated heterocycles. The Morgan fingerprint density at radius 3 is 1.27 bits per heavy atom. The van der Waals surface area contributed by atoms with E-state index in [4.69, 9.17) is 5.73 Å². The fraction of sp³-hybridized carbons (Fsp3) is 0.136. The van der Waals surface area contributed by atoms with Crippen LogP contribution >= 0.6 is 0 Å². The van der Waals surface area contributed by atoms with Gasteiger partial charge in [-0.05, 0) is 16.7 Å². The number of nitrogens with two attached hydrogens (primary N) is 1. The number of urea groups is 1. The van der Waals surface area contributed by atoms with Gasteiger partial charge in [0.05, 0.1) is 0 Å². The van der Waals surface area contributed by atoms with Crippen LogP contribution in [0.1, 0.15) is 16.7 Å². The Hall–Kier alpha value is -3.11. The first-order valence-corrected chi connectivity index (χ1v) is 8.61.